The molecule has 0 aliphatic carbocycles. The van der Waals surface area contributed by atoms with Crippen LogP contribution >= 0.6 is 11.9 Å². The molecule has 29 heavy (non-hydrogen) atoms. The summed E-state index contributed by atoms with van der Waals surface area (Å²) in [6.45, 7) is 2.47. The van der Waals surface area contributed by atoms with Crippen LogP contribution in [0.2, 0.25) is 0 Å². The lowest BCUT2D eigenvalue weighted by molar-refractivity contribution is 0.283. The van der Waals surface area contributed by atoms with E-state index in [0.717, 1.165) is 36.2 Å². The highest BCUT2D eigenvalue weighted by Crippen LogP contribution is 2.19. The van der Waals surface area contributed by atoms with Crippen LogP contribution in [-0.2, 0) is 13.0 Å². The maximum Gasteiger partial charge on any atom is 0.165 e. The average Bonchev–Trinajstić information content (AvgIpc) is 3.13. The van der Waals surface area contributed by atoms with Crippen LogP contribution in [-0.4, -0.2) is 32.8 Å². The van der Waals surface area contributed by atoms with E-state index in [1.165, 1.54) is 18.0 Å². The molecule has 0 saturated heterocycles. The average molecular weight is 413 g/mol. The Hall–Kier alpha value is -2.55. The number of nitrogens with zero attached hydrogens (tertiary/aromatic N) is 4. The maximum absolute atomic E-state index is 13.7. The van der Waals surface area contributed by atoms with Crippen molar-refractivity contribution < 1.29 is 8.78 Å². The van der Waals surface area contributed by atoms with Crippen molar-refractivity contribution in [1.82, 2.24) is 19.7 Å². The first-order chi connectivity index (χ1) is 14.1. The van der Waals surface area contributed by atoms with Crippen molar-refractivity contribution in [2.75, 3.05) is 13.1 Å². The molecule has 1 aliphatic heterocycles. The minimum absolute atomic E-state index is 0.345. The summed E-state index contributed by atoms with van der Waals surface area (Å²) in [5.74, 6) is -0.344. The Morgan fingerprint density at radius 1 is 1.03 bits per heavy atom. The van der Waals surface area contributed by atoms with Crippen molar-refractivity contribution in [3.05, 3.63) is 83.5 Å². The quantitative estimate of drug-likeness (QED) is 0.491. The summed E-state index contributed by atoms with van der Waals surface area (Å²) in [5, 5.41) is 10.3. The molecule has 150 valence electrons. The second-order valence-electron chi connectivity index (χ2n) is 6.89. The molecule has 8 heteroatoms. The predicted molar refractivity (Wildman–Crippen MR) is 110 cm³/mol. The van der Waals surface area contributed by atoms with Gasteiger partial charge in [0.25, 0.3) is 0 Å². The van der Waals surface area contributed by atoms with Crippen molar-refractivity contribution in [3.63, 3.8) is 0 Å². The van der Waals surface area contributed by atoms with Crippen molar-refractivity contribution in [2.45, 2.75) is 24.3 Å². The van der Waals surface area contributed by atoms with Crippen LogP contribution in [0, 0.1) is 11.6 Å². The van der Waals surface area contributed by atoms with Crippen molar-refractivity contribution in [3.8, 4) is 5.69 Å². The van der Waals surface area contributed by atoms with Crippen LogP contribution in [0.4, 0.5) is 8.78 Å². The van der Waals surface area contributed by atoms with Crippen LogP contribution in [0.1, 0.15) is 23.6 Å². The molecule has 0 fully saturated rings. The summed E-state index contributed by atoms with van der Waals surface area (Å²) in [6.07, 6.45) is 5.68. The molecule has 0 atom stereocenters. The maximum atomic E-state index is 13.7. The lowest BCUT2D eigenvalue weighted by Crippen LogP contribution is -2.27. The van der Waals surface area contributed by atoms with Crippen LogP contribution in [0.25, 0.3) is 5.69 Å². The summed E-state index contributed by atoms with van der Waals surface area (Å²) in [4.78, 5) is 7.92. The lowest BCUT2D eigenvalue weighted by atomic mass is 10.1. The van der Waals surface area contributed by atoms with Crippen molar-refractivity contribution in [1.29, 1.82) is 0 Å². The minimum atomic E-state index is -0.863. The summed E-state index contributed by atoms with van der Waals surface area (Å²) in [7, 11) is 0. The van der Waals surface area contributed by atoms with Gasteiger partial charge in [-0.3, -0.25) is 10.0 Å². The zero-order valence-electron chi connectivity index (χ0n) is 15.8. The highest BCUT2D eigenvalue weighted by atomic mass is 32.2. The number of halogens is 2. The Morgan fingerprint density at radius 2 is 1.86 bits per heavy atom. The molecule has 2 heterocycles. The van der Waals surface area contributed by atoms with Gasteiger partial charge in [-0.1, -0.05) is 18.2 Å². The Labute approximate surface area is 172 Å². The molecule has 0 spiro atoms. The van der Waals surface area contributed by atoms with Gasteiger partial charge in [-0.05, 0) is 60.3 Å². The highest BCUT2D eigenvalue weighted by Gasteiger charge is 2.16. The van der Waals surface area contributed by atoms with Gasteiger partial charge in [0.2, 0.25) is 0 Å². The Morgan fingerprint density at radius 3 is 2.55 bits per heavy atom. The molecular weight excluding hydrogens is 392 g/mol. The number of hydrogen-bond donors (Lipinski definition) is 1. The number of benzene rings is 2. The standard InChI is InChI=1S/C21H21F2N5S/c22-18-9-4-15(12-19(18)23)13-21-25-20(14-27-10-2-1-3-11-27)26-28(21)16-5-7-17(29-24)8-6-16/h1-2,4-9,12H,3,10-11,13-14,24H2. The van der Waals surface area contributed by atoms with Crippen LogP contribution in [0.3, 0.4) is 0 Å². The molecule has 0 radical (unpaired) electrons. The third-order valence-electron chi connectivity index (χ3n) is 4.79. The molecule has 1 aliphatic rings. The van der Waals surface area contributed by atoms with Crippen LogP contribution in [0.15, 0.2) is 59.5 Å². The third kappa shape index (κ3) is 4.72. The SMILES string of the molecule is NSc1ccc(-n2nc(CN3CC=CCC3)nc2Cc2ccc(F)c(F)c2)cc1. The molecule has 2 aromatic carbocycles. The molecule has 5 nitrogen and oxygen atoms in total. The van der Waals surface area contributed by atoms with Gasteiger partial charge in [0.05, 0.1) is 12.2 Å². The summed E-state index contributed by atoms with van der Waals surface area (Å²) < 4.78 is 28.7. The largest absolute Gasteiger partial charge is 0.292 e. The molecule has 2 N–H and O–H groups in total. The molecule has 0 unspecified atom stereocenters. The second kappa shape index (κ2) is 8.86. The molecular formula is C21H21F2N5S. The van der Waals surface area contributed by atoms with Gasteiger partial charge in [-0.15, -0.1) is 5.10 Å². The van der Waals surface area contributed by atoms with Crippen LogP contribution in [0.5, 0.6) is 0 Å². The predicted octanol–water partition coefficient (Wildman–Crippen LogP) is 3.86. The molecule has 4 rings (SSSR count). The van der Waals surface area contributed by atoms with E-state index in [0.29, 0.717) is 30.2 Å². The third-order valence-corrected chi connectivity index (χ3v) is 5.33. The van der Waals surface area contributed by atoms with Gasteiger partial charge in [0, 0.05) is 24.4 Å². The van der Waals surface area contributed by atoms with Gasteiger partial charge in [0.15, 0.2) is 17.5 Å². The van der Waals surface area contributed by atoms with Gasteiger partial charge in [0.1, 0.15) is 5.82 Å². The Balaban J connectivity index is 1.66. The normalized spacial score (nSPS) is 14.4. The van der Waals surface area contributed by atoms with Crippen LogP contribution < -0.4 is 5.14 Å². The molecule has 0 saturated carbocycles. The molecule has 0 bridgehead atoms. The Kier molecular flexibility index (Phi) is 6.03. The lowest BCUT2D eigenvalue weighted by Gasteiger charge is -2.20. The summed E-state index contributed by atoms with van der Waals surface area (Å²) in [5.41, 5.74) is 1.48. The number of rotatable bonds is 6. The summed E-state index contributed by atoms with van der Waals surface area (Å²) >= 11 is 1.18. The zero-order chi connectivity index (χ0) is 20.2. The minimum Gasteiger partial charge on any atom is -0.292 e. The van der Waals surface area contributed by atoms with E-state index in [9.17, 15) is 8.78 Å². The van der Waals surface area contributed by atoms with Crippen molar-refractivity contribution in [2.24, 2.45) is 5.14 Å². The van der Waals surface area contributed by atoms with E-state index in [1.807, 2.05) is 24.3 Å². The van der Waals surface area contributed by atoms with Gasteiger partial charge < -0.3 is 0 Å². The van der Waals surface area contributed by atoms with E-state index < -0.39 is 11.6 Å². The first-order valence-electron chi connectivity index (χ1n) is 9.35. The summed E-state index contributed by atoms with van der Waals surface area (Å²) in [6, 6.07) is 11.6. The van der Waals surface area contributed by atoms with Gasteiger partial charge in [-0.2, -0.15) is 0 Å². The van der Waals surface area contributed by atoms with E-state index in [2.05, 4.69) is 17.1 Å². The van der Waals surface area contributed by atoms with Gasteiger partial charge in [-0.25, -0.2) is 18.4 Å². The number of aromatic nitrogens is 3. The monoisotopic (exact) mass is 413 g/mol. The fourth-order valence-electron chi connectivity index (χ4n) is 3.31. The van der Waals surface area contributed by atoms with E-state index in [1.54, 1.807) is 10.7 Å². The zero-order valence-corrected chi connectivity index (χ0v) is 16.6. The fraction of sp³-hybridized carbons (Fsp3) is 0.238. The van der Waals surface area contributed by atoms with Crippen molar-refractivity contribution >= 4 is 11.9 Å². The fourth-order valence-corrected chi connectivity index (χ4v) is 3.60. The number of nitrogens with two attached hydrogens (primary N) is 1. The first kappa shape index (κ1) is 19.8. The highest BCUT2D eigenvalue weighted by molar-refractivity contribution is 7.97. The topological polar surface area (TPSA) is 60.0 Å². The second-order valence-corrected chi connectivity index (χ2v) is 7.60. The van der Waals surface area contributed by atoms with Gasteiger partial charge >= 0.3 is 0 Å². The van der Waals surface area contributed by atoms with E-state index in [-0.39, 0.29) is 0 Å². The molecule has 1 aromatic heterocycles. The van der Waals surface area contributed by atoms with E-state index in [4.69, 9.17) is 15.2 Å². The molecule has 3 aromatic rings. The Bertz CT molecular complexity index is 1020. The number of hydrogen-bond acceptors (Lipinski definition) is 5. The smallest absolute Gasteiger partial charge is 0.165 e. The first-order valence-corrected chi connectivity index (χ1v) is 10.2. The van der Waals surface area contributed by atoms with E-state index >= 15 is 0 Å². The molecule has 0 amide bonds.